The lowest BCUT2D eigenvalue weighted by Crippen LogP contribution is -2.29. The summed E-state index contributed by atoms with van der Waals surface area (Å²) in [5, 5.41) is 0. The SMILES string of the molecule is COC(C)(C)Cn1c(CCl)nc2cccnc21. The summed E-state index contributed by atoms with van der Waals surface area (Å²) in [4.78, 5) is 8.82. The van der Waals surface area contributed by atoms with E-state index < -0.39 is 0 Å². The Balaban J connectivity index is 2.50. The van der Waals surface area contributed by atoms with Crippen LogP contribution >= 0.6 is 11.6 Å². The van der Waals surface area contributed by atoms with E-state index in [0.717, 1.165) is 17.0 Å². The third kappa shape index (κ3) is 2.42. The second-order valence-corrected chi connectivity index (χ2v) is 4.83. The number of pyridine rings is 1. The molecule has 0 aliphatic rings. The first-order valence-corrected chi connectivity index (χ1v) is 6.02. The van der Waals surface area contributed by atoms with Crippen molar-refractivity contribution in [1.29, 1.82) is 0 Å². The molecule has 0 aliphatic carbocycles. The number of nitrogens with zero attached hydrogens (tertiary/aromatic N) is 3. The maximum absolute atomic E-state index is 5.92. The van der Waals surface area contributed by atoms with Gasteiger partial charge in [-0.15, -0.1) is 11.6 Å². The van der Waals surface area contributed by atoms with Crippen molar-refractivity contribution in [3.63, 3.8) is 0 Å². The second-order valence-electron chi connectivity index (χ2n) is 4.56. The zero-order valence-electron chi connectivity index (χ0n) is 10.3. The number of hydrogen-bond acceptors (Lipinski definition) is 3. The zero-order valence-corrected chi connectivity index (χ0v) is 11.0. The average molecular weight is 254 g/mol. The van der Waals surface area contributed by atoms with E-state index in [1.54, 1.807) is 13.3 Å². The van der Waals surface area contributed by atoms with Crippen molar-refractivity contribution in [1.82, 2.24) is 14.5 Å². The molecule has 0 N–H and O–H groups in total. The van der Waals surface area contributed by atoms with Gasteiger partial charge in [0.25, 0.3) is 0 Å². The summed E-state index contributed by atoms with van der Waals surface area (Å²) in [7, 11) is 1.70. The van der Waals surface area contributed by atoms with Crippen LogP contribution in [-0.4, -0.2) is 27.2 Å². The van der Waals surface area contributed by atoms with Crippen molar-refractivity contribution in [2.24, 2.45) is 0 Å². The van der Waals surface area contributed by atoms with Crippen molar-refractivity contribution in [2.75, 3.05) is 7.11 Å². The number of halogens is 1. The quantitative estimate of drug-likeness (QED) is 0.787. The molecule has 17 heavy (non-hydrogen) atoms. The van der Waals surface area contributed by atoms with Gasteiger partial charge in [0, 0.05) is 13.3 Å². The fourth-order valence-electron chi connectivity index (χ4n) is 1.72. The van der Waals surface area contributed by atoms with Gasteiger partial charge in [0.2, 0.25) is 0 Å². The molecule has 0 saturated carbocycles. The lowest BCUT2D eigenvalue weighted by atomic mass is 10.1. The molecule has 2 aromatic heterocycles. The molecular weight excluding hydrogens is 238 g/mol. The highest BCUT2D eigenvalue weighted by Gasteiger charge is 2.21. The summed E-state index contributed by atoms with van der Waals surface area (Å²) in [5.41, 5.74) is 1.45. The van der Waals surface area contributed by atoms with Gasteiger partial charge in [-0.2, -0.15) is 0 Å². The van der Waals surface area contributed by atoms with Gasteiger partial charge in [0.1, 0.15) is 11.3 Å². The number of methoxy groups -OCH3 is 1. The monoisotopic (exact) mass is 253 g/mol. The third-order valence-electron chi connectivity index (χ3n) is 2.79. The summed E-state index contributed by atoms with van der Waals surface area (Å²) < 4.78 is 7.46. The first-order valence-electron chi connectivity index (χ1n) is 5.48. The van der Waals surface area contributed by atoms with Crippen LogP contribution in [0.25, 0.3) is 11.2 Å². The van der Waals surface area contributed by atoms with Crippen molar-refractivity contribution in [3.05, 3.63) is 24.2 Å². The molecule has 0 saturated heterocycles. The Bertz CT molecular complexity index is 521. The molecule has 0 spiro atoms. The number of imidazole rings is 1. The Morgan fingerprint density at radius 2 is 2.24 bits per heavy atom. The van der Waals surface area contributed by atoms with E-state index in [-0.39, 0.29) is 5.60 Å². The first-order chi connectivity index (χ1) is 8.07. The normalized spacial score (nSPS) is 12.2. The van der Waals surface area contributed by atoms with Crippen molar-refractivity contribution >= 4 is 22.8 Å². The average Bonchev–Trinajstić information content (AvgIpc) is 2.67. The van der Waals surface area contributed by atoms with E-state index in [9.17, 15) is 0 Å². The van der Waals surface area contributed by atoms with E-state index in [1.165, 1.54) is 0 Å². The molecule has 4 nitrogen and oxygen atoms in total. The molecule has 0 aromatic carbocycles. The molecule has 2 aromatic rings. The number of fused-ring (bicyclic) bond motifs is 1. The number of rotatable bonds is 4. The smallest absolute Gasteiger partial charge is 0.160 e. The summed E-state index contributed by atoms with van der Waals surface area (Å²) >= 11 is 5.92. The second kappa shape index (κ2) is 4.63. The topological polar surface area (TPSA) is 39.9 Å². The summed E-state index contributed by atoms with van der Waals surface area (Å²) in [6.07, 6.45) is 1.76. The van der Waals surface area contributed by atoms with Crippen LogP contribution in [0.1, 0.15) is 19.7 Å². The van der Waals surface area contributed by atoms with Crippen molar-refractivity contribution in [2.45, 2.75) is 31.9 Å². The van der Waals surface area contributed by atoms with Gasteiger partial charge in [0.05, 0.1) is 18.0 Å². The van der Waals surface area contributed by atoms with Crippen molar-refractivity contribution < 1.29 is 4.74 Å². The molecule has 0 fully saturated rings. The molecule has 0 unspecified atom stereocenters. The maximum atomic E-state index is 5.92. The van der Waals surface area contributed by atoms with E-state index >= 15 is 0 Å². The van der Waals surface area contributed by atoms with Gasteiger partial charge in [-0.25, -0.2) is 9.97 Å². The van der Waals surface area contributed by atoms with Gasteiger partial charge < -0.3 is 9.30 Å². The third-order valence-corrected chi connectivity index (χ3v) is 3.03. The van der Waals surface area contributed by atoms with E-state index in [0.29, 0.717) is 12.4 Å². The van der Waals surface area contributed by atoms with Crippen LogP contribution in [0.3, 0.4) is 0 Å². The molecule has 5 heteroatoms. The highest BCUT2D eigenvalue weighted by Crippen LogP contribution is 2.20. The first kappa shape index (κ1) is 12.3. The number of alkyl halides is 1. The Hall–Kier alpha value is -1.13. The predicted octanol–water partition coefficient (Wildman–Crippen LogP) is 2.60. The highest BCUT2D eigenvalue weighted by molar-refractivity contribution is 6.16. The minimum Gasteiger partial charge on any atom is -0.377 e. The molecule has 2 rings (SSSR count). The largest absolute Gasteiger partial charge is 0.377 e. The molecule has 92 valence electrons. The minimum atomic E-state index is -0.272. The Morgan fingerprint density at radius 1 is 1.47 bits per heavy atom. The van der Waals surface area contributed by atoms with E-state index in [1.807, 2.05) is 30.5 Å². The molecule has 0 atom stereocenters. The van der Waals surface area contributed by atoms with Crippen LogP contribution in [0.15, 0.2) is 18.3 Å². The van der Waals surface area contributed by atoms with Crippen LogP contribution < -0.4 is 0 Å². The van der Waals surface area contributed by atoms with Gasteiger partial charge >= 0.3 is 0 Å². The van der Waals surface area contributed by atoms with Gasteiger partial charge in [-0.1, -0.05) is 0 Å². The molecule has 0 bridgehead atoms. The van der Waals surface area contributed by atoms with E-state index in [4.69, 9.17) is 16.3 Å². The van der Waals surface area contributed by atoms with Gasteiger partial charge in [0.15, 0.2) is 5.65 Å². The fraction of sp³-hybridized carbons (Fsp3) is 0.500. The Morgan fingerprint density at radius 3 is 2.88 bits per heavy atom. The summed E-state index contributed by atoms with van der Waals surface area (Å²) in [6.45, 7) is 4.73. The van der Waals surface area contributed by atoms with Gasteiger partial charge in [-0.3, -0.25) is 0 Å². The zero-order chi connectivity index (χ0) is 12.5. The van der Waals surface area contributed by atoms with Crippen LogP contribution in [-0.2, 0) is 17.2 Å². The highest BCUT2D eigenvalue weighted by atomic mass is 35.5. The van der Waals surface area contributed by atoms with Crippen LogP contribution in [0.4, 0.5) is 0 Å². The van der Waals surface area contributed by atoms with E-state index in [2.05, 4.69) is 9.97 Å². The fourth-order valence-corrected chi connectivity index (χ4v) is 1.92. The lowest BCUT2D eigenvalue weighted by molar-refractivity contribution is 0.00843. The Labute approximate surface area is 106 Å². The molecule has 0 amide bonds. The lowest BCUT2D eigenvalue weighted by Gasteiger charge is -2.24. The predicted molar refractivity (Wildman–Crippen MR) is 68.2 cm³/mol. The standard InChI is InChI=1S/C12H16ClN3O/c1-12(2,17-3)8-16-10(7-13)15-9-5-4-6-14-11(9)16/h4-6H,7-8H2,1-3H3. The van der Waals surface area contributed by atoms with Gasteiger partial charge in [-0.05, 0) is 26.0 Å². The van der Waals surface area contributed by atoms with Crippen LogP contribution in [0.5, 0.6) is 0 Å². The molecule has 0 aliphatic heterocycles. The number of aromatic nitrogens is 3. The molecular formula is C12H16ClN3O. The maximum Gasteiger partial charge on any atom is 0.160 e. The number of hydrogen-bond donors (Lipinski definition) is 0. The summed E-state index contributed by atoms with van der Waals surface area (Å²) in [6, 6.07) is 3.81. The van der Waals surface area contributed by atoms with Crippen LogP contribution in [0, 0.1) is 0 Å². The molecule has 2 heterocycles. The minimum absolute atomic E-state index is 0.272. The van der Waals surface area contributed by atoms with Crippen LogP contribution in [0.2, 0.25) is 0 Å². The van der Waals surface area contributed by atoms with Crippen molar-refractivity contribution in [3.8, 4) is 0 Å². The molecule has 0 radical (unpaired) electrons. The number of ether oxygens (including phenoxy) is 1. The Kier molecular flexibility index (Phi) is 3.35. The summed E-state index contributed by atoms with van der Waals surface area (Å²) in [5.74, 6) is 1.20.